The molecule has 10 heteroatoms. The molecule has 0 aliphatic rings. The summed E-state index contributed by atoms with van der Waals surface area (Å²) in [6, 6.07) is 7.14. The number of nitrogens with one attached hydrogen (secondary N) is 1. The standard InChI is InChI=1S/C18H17BrF3NO5/c1-9-14(23-13-5-3-2-4-11(13)17(26)27)6-12(19)16(15(9)18(20,21)22)28-8-10(25)7-24/h2-6,10,23-25H,7-8H2,1H3,(H,26,27). The second kappa shape index (κ2) is 8.80. The first-order chi connectivity index (χ1) is 13.1. The summed E-state index contributed by atoms with van der Waals surface area (Å²) in [5.41, 5.74) is -1.24. The molecule has 152 valence electrons. The zero-order chi connectivity index (χ0) is 21.1. The third-order valence-corrected chi connectivity index (χ3v) is 4.42. The van der Waals surface area contributed by atoms with Gasteiger partial charge in [-0.15, -0.1) is 0 Å². The maximum atomic E-state index is 13.7. The molecule has 4 N–H and O–H groups in total. The van der Waals surface area contributed by atoms with E-state index in [2.05, 4.69) is 21.2 Å². The van der Waals surface area contributed by atoms with Crippen molar-refractivity contribution in [2.75, 3.05) is 18.5 Å². The second-order valence-corrected chi connectivity index (χ2v) is 6.71. The highest BCUT2D eigenvalue weighted by molar-refractivity contribution is 9.10. The predicted molar refractivity (Wildman–Crippen MR) is 99.2 cm³/mol. The van der Waals surface area contributed by atoms with Crippen LogP contribution in [0.25, 0.3) is 0 Å². The van der Waals surface area contributed by atoms with Gasteiger partial charge in [-0.25, -0.2) is 4.79 Å². The summed E-state index contributed by atoms with van der Waals surface area (Å²) in [6.07, 6.45) is -6.12. The highest BCUT2D eigenvalue weighted by atomic mass is 79.9. The third kappa shape index (κ3) is 4.94. The van der Waals surface area contributed by atoms with E-state index in [0.717, 1.165) is 0 Å². The first-order valence-electron chi connectivity index (χ1n) is 7.97. The van der Waals surface area contributed by atoms with Gasteiger partial charge >= 0.3 is 12.1 Å². The average Bonchev–Trinajstić information content (AvgIpc) is 2.62. The van der Waals surface area contributed by atoms with Crippen LogP contribution < -0.4 is 10.1 Å². The molecule has 0 heterocycles. The van der Waals surface area contributed by atoms with Gasteiger partial charge < -0.3 is 25.4 Å². The number of anilines is 2. The van der Waals surface area contributed by atoms with Crippen molar-refractivity contribution in [3.63, 3.8) is 0 Å². The van der Waals surface area contributed by atoms with Crippen LogP contribution in [0.3, 0.4) is 0 Å². The lowest BCUT2D eigenvalue weighted by Crippen LogP contribution is -2.23. The monoisotopic (exact) mass is 463 g/mol. The number of rotatable bonds is 7. The molecule has 0 saturated heterocycles. The number of benzene rings is 2. The van der Waals surface area contributed by atoms with Crippen molar-refractivity contribution in [3.8, 4) is 5.75 Å². The van der Waals surface area contributed by atoms with Crippen molar-refractivity contribution in [1.82, 2.24) is 0 Å². The molecule has 0 aromatic heterocycles. The van der Waals surface area contributed by atoms with Gasteiger partial charge in [0.2, 0.25) is 0 Å². The molecule has 28 heavy (non-hydrogen) atoms. The number of carbonyl (C=O) groups is 1. The molecule has 0 aliphatic carbocycles. The van der Waals surface area contributed by atoms with E-state index in [1.165, 1.54) is 31.2 Å². The highest BCUT2D eigenvalue weighted by Crippen LogP contribution is 2.46. The molecule has 2 aromatic rings. The van der Waals surface area contributed by atoms with E-state index in [4.69, 9.17) is 9.84 Å². The molecular weight excluding hydrogens is 447 g/mol. The molecule has 0 spiro atoms. The Labute approximate surface area is 166 Å². The minimum absolute atomic E-state index is 0.0305. The number of halogens is 4. The number of ether oxygens (including phenoxy) is 1. The normalized spacial score (nSPS) is 12.5. The van der Waals surface area contributed by atoms with Crippen LogP contribution in [0.4, 0.5) is 24.5 Å². The van der Waals surface area contributed by atoms with Crippen molar-refractivity contribution in [2.45, 2.75) is 19.2 Å². The number of carboxylic acids is 1. The number of aliphatic hydroxyl groups excluding tert-OH is 2. The van der Waals surface area contributed by atoms with Gasteiger partial charge in [-0.05, 0) is 46.6 Å². The molecule has 0 saturated carbocycles. The molecule has 0 radical (unpaired) electrons. The lowest BCUT2D eigenvalue weighted by Gasteiger charge is -2.22. The minimum Gasteiger partial charge on any atom is -0.489 e. The predicted octanol–water partition coefficient (Wildman–Crippen LogP) is 3.95. The maximum absolute atomic E-state index is 13.7. The summed E-state index contributed by atoms with van der Waals surface area (Å²) in [6.45, 7) is 0.0200. The maximum Gasteiger partial charge on any atom is 0.420 e. The van der Waals surface area contributed by atoms with Crippen LogP contribution >= 0.6 is 15.9 Å². The molecule has 0 bridgehead atoms. The summed E-state index contributed by atoms with van der Waals surface area (Å²) >= 11 is 3.03. The lowest BCUT2D eigenvalue weighted by atomic mass is 10.0. The summed E-state index contributed by atoms with van der Waals surface area (Å²) in [4.78, 5) is 11.3. The van der Waals surface area contributed by atoms with Crippen molar-refractivity contribution in [1.29, 1.82) is 0 Å². The van der Waals surface area contributed by atoms with E-state index >= 15 is 0 Å². The van der Waals surface area contributed by atoms with E-state index in [1.54, 1.807) is 6.07 Å². The van der Waals surface area contributed by atoms with Gasteiger partial charge in [-0.2, -0.15) is 13.2 Å². The molecule has 1 unspecified atom stereocenters. The van der Waals surface area contributed by atoms with Crippen LogP contribution in [0.15, 0.2) is 34.8 Å². The zero-order valence-corrected chi connectivity index (χ0v) is 16.1. The SMILES string of the molecule is Cc1c(Nc2ccccc2C(=O)O)cc(Br)c(OCC(O)CO)c1C(F)(F)F. The molecule has 0 amide bonds. The average molecular weight is 464 g/mol. The Hall–Kier alpha value is -2.30. The first-order valence-corrected chi connectivity index (χ1v) is 8.77. The number of aromatic carboxylic acids is 1. The van der Waals surface area contributed by atoms with Crippen LogP contribution in [-0.4, -0.2) is 40.6 Å². The summed E-state index contributed by atoms with van der Waals surface area (Å²) in [5.74, 6) is -1.76. The Kier molecular flexibility index (Phi) is 6.91. The number of aliphatic hydroxyl groups is 2. The molecule has 1 atom stereocenters. The van der Waals surface area contributed by atoms with Crippen molar-refractivity contribution in [3.05, 3.63) is 51.5 Å². The molecular formula is C18H17BrF3NO5. The Morgan fingerprint density at radius 3 is 2.50 bits per heavy atom. The molecule has 0 fully saturated rings. The number of alkyl halides is 3. The van der Waals surface area contributed by atoms with Gasteiger partial charge in [0.1, 0.15) is 24.0 Å². The highest BCUT2D eigenvalue weighted by Gasteiger charge is 2.38. The zero-order valence-electron chi connectivity index (χ0n) is 14.5. The summed E-state index contributed by atoms with van der Waals surface area (Å²) in [5, 5.41) is 30.2. The fourth-order valence-corrected chi connectivity index (χ4v) is 3.03. The molecule has 2 rings (SSSR count). The minimum atomic E-state index is -4.78. The van der Waals surface area contributed by atoms with Gasteiger partial charge in [-0.3, -0.25) is 0 Å². The van der Waals surface area contributed by atoms with Crippen LogP contribution in [0, 0.1) is 6.92 Å². The summed E-state index contributed by atoms with van der Waals surface area (Å²) in [7, 11) is 0. The van der Waals surface area contributed by atoms with Gasteiger partial charge in [0, 0.05) is 5.69 Å². The van der Waals surface area contributed by atoms with Gasteiger partial charge in [0.05, 0.1) is 22.3 Å². The number of hydrogen-bond acceptors (Lipinski definition) is 5. The number of carboxylic acid groups (broad SMARTS) is 1. The Bertz CT molecular complexity index is 873. The quantitative estimate of drug-likeness (QED) is 0.496. The Morgan fingerprint density at radius 2 is 1.93 bits per heavy atom. The first kappa shape index (κ1) is 22.0. The van der Waals surface area contributed by atoms with E-state index in [1.807, 2.05) is 0 Å². The fraction of sp³-hybridized carbons (Fsp3) is 0.278. The fourth-order valence-electron chi connectivity index (χ4n) is 2.49. The van der Waals surface area contributed by atoms with Gasteiger partial charge in [0.15, 0.2) is 0 Å². The smallest absolute Gasteiger partial charge is 0.420 e. The van der Waals surface area contributed by atoms with Crippen molar-refractivity contribution >= 4 is 33.3 Å². The van der Waals surface area contributed by atoms with E-state index in [-0.39, 0.29) is 27.0 Å². The van der Waals surface area contributed by atoms with E-state index in [0.29, 0.717) is 0 Å². The van der Waals surface area contributed by atoms with Gasteiger partial charge in [-0.1, -0.05) is 12.1 Å². The van der Waals surface area contributed by atoms with Crippen LogP contribution in [-0.2, 0) is 6.18 Å². The van der Waals surface area contributed by atoms with Crippen molar-refractivity contribution < 1.29 is 38.0 Å². The van der Waals surface area contributed by atoms with Gasteiger partial charge in [0.25, 0.3) is 0 Å². The molecule has 2 aromatic carbocycles. The second-order valence-electron chi connectivity index (χ2n) is 5.86. The molecule has 6 nitrogen and oxygen atoms in total. The molecule has 0 aliphatic heterocycles. The number of para-hydroxylation sites is 1. The Morgan fingerprint density at radius 1 is 1.29 bits per heavy atom. The number of hydrogen-bond donors (Lipinski definition) is 4. The third-order valence-electron chi connectivity index (χ3n) is 3.84. The lowest BCUT2D eigenvalue weighted by molar-refractivity contribution is -0.139. The topological polar surface area (TPSA) is 99.0 Å². The van der Waals surface area contributed by atoms with E-state index < -0.39 is 42.8 Å². The van der Waals surface area contributed by atoms with Crippen LogP contribution in [0.2, 0.25) is 0 Å². The largest absolute Gasteiger partial charge is 0.489 e. The Balaban J connectivity index is 2.54. The van der Waals surface area contributed by atoms with E-state index in [9.17, 15) is 28.2 Å². The van der Waals surface area contributed by atoms with Crippen molar-refractivity contribution in [2.24, 2.45) is 0 Å². The van der Waals surface area contributed by atoms with Crippen LogP contribution in [0.1, 0.15) is 21.5 Å². The van der Waals surface area contributed by atoms with Crippen LogP contribution in [0.5, 0.6) is 5.75 Å². The summed E-state index contributed by atoms with van der Waals surface area (Å²) < 4.78 is 46.1.